The van der Waals surface area contributed by atoms with Gasteiger partial charge in [0.1, 0.15) is 0 Å². The third kappa shape index (κ3) is 24.0. The van der Waals surface area contributed by atoms with Gasteiger partial charge in [-0.2, -0.15) is 0 Å². The Morgan fingerprint density at radius 3 is 0.926 bits per heavy atom. The first-order valence-electron chi connectivity index (χ1n) is 21.6. The molecule has 4 N–H and O–H groups in total. The van der Waals surface area contributed by atoms with E-state index in [1.807, 2.05) is 6.92 Å². The molecule has 0 aliphatic carbocycles. The maximum atomic E-state index is 11.0. The van der Waals surface area contributed by atoms with E-state index in [1.165, 1.54) is 0 Å². The summed E-state index contributed by atoms with van der Waals surface area (Å²) >= 11 is 0. The van der Waals surface area contributed by atoms with E-state index in [0.29, 0.717) is 59.0 Å². The SMILES string of the molecule is CCO[Si](C)(CCCN(CC(O)CN(CC)CC)CC(O)CN(CC)CC)O[Si](C)(CCCN(CC(O)CN(CC)CC)CC(O)CN(CC)CC)OC. The number of nitrogens with zero attached hydrogens (tertiary/aromatic N) is 6. The molecule has 6 unspecified atom stereocenters. The van der Waals surface area contributed by atoms with Gasteiger partial charge in [-0.3, -0.25) is 9.80 Å². The number of rotatable bonds is 37. The molecule has 0 aromatic carbocycles. The first-order chi connectivity index (χ1) is 25.6. The molecule has 0 aliphatic rings. The standard InChI is InChI=1S/C39H90N6O7Si2/c1-13-40(14-2)28-36(46)32-44(33-37(47)29-41(15-3)16-4)24-22-26-53(11,50-10)52-54(12,51-21-9)27-23-25-45(34-38(48)30-42(17-5)18-6)35-39(49)31-43(19-7)20-8/h36-39,46-49H,13-35H2,1-12H3. The summed E-state index contributed by atoms with van der Waals surface area (Å²) in [6.07, 6.45) is -0.354. The third-order valence-corrected chi connectivity index (χ3v) is 18.6. The van der Waals surface area contributed by atoms with Gasteiger partial charge in [0.2, 0.25) is 0 Å². The molecule has 0 bridgehead atoms. The van der Waals surface area contributed by atoms with Crippen LogP contribution in [0.1, 0.15) is 75.2 Å². The number of aliphatic hydroxyl groups excluding tert-OH is 4. The van der Waals surface area contributed by atoms with Crippen molar-refractivity contribution in [2.24, 2.45) is 0 Å². The molecule has 0 spiro atoms. The van der Waals surface area contributed by atoms with E-state index in [0.717, 1.165) is 90.4 Å². The first kappa shape index (κ1) is 53.9. The molecule has 0 saturated heterocycles. The molecule has 326 valence electrons. The highest BCUT2D eigenvalue weighted by molar-refractivity contribution is 6.80. The molecule has 0 fully saturated rings. The van der Waals surface area contributed by atoms with Gasteiger partial charge in [-0.1, -0.05) is 55.4 Å². The van der Waals surface area contributed by atoms with Crippen molar-refractivity contribution in [3.05, 3.63) is 0 Å². The summed E-state index contributed by atoms with van der Waals surface area (Å²) in [6, 6.07) is 1.55. The van der Waals surface area contributed by atoms with E-state index >= 15 is 0 Å². The van der Waals surface area contributed by atoms with Gasteiger partial charge in [-0.25, -0.2) is 0 Å². The van der Waals surface area contributed by atoms with E-state index in [-0.39, 0.29) is 0 Å². The van der Waals surface area contributed by atoms with Crippen LogP contribution in [0.3, 0.4) is 0 Å². The molecule has 54 heavy (non-hydrogen) atoms. The Morgan fingerprint density at radius 1 is 0.426 bits per heavy atom. The van der Waals surface area contributed by atoms with E-state index in [1.54, 1.807) is 7.11 Å². The van der Waals surface area contributed by atoms with E-state index < -0.39 is 41.5 Å². The normalized spacial score (nSPS) is 17.2. The topological polar surface area (TPSA) is 128 Å². The summed E-state index contributed by atoms with van der Waals surface area (Å²) in [6.45, 7) is 36.9. The fourth-order valence-electron chi connectivity index (χ4n) is 7.41. The first-order valence-corrected chi connectivity index (χ1v) is 26.6. The zero-order chi connectivity index (χ0) is 41.2. The molecule has 0 aromatic rings. The van der Waals surface area contributed by atoms with Gasteiger partial charge in [0.05, 0.1) is 24.4 Å². The van der Waals surface area contributed by atoms with Crippen molar-refractivity contribution < 1.29 is 33.4 Å². The van der Waals surface area contributed by atoms with Crippen LogP contribution in [0.4, 0.5) is 0 Å². The third-order valence-electron chi connectivity index (χ3n) is 10.9. The predicted molar refractivity (Wildman–Crippen MR) is 230 cm³/mol. The minimum Gasteiger partial charge on any atom is -0.415 e. The fourth-order valence-corrected chi connectivity index (χ4v) is 15.0. The van der Waals surface area contributed by atoms with Crippen molar-refractivity contribution in [2.75, 3.05) is 132 Å². The van der Waals surface area contributed by atoms with Crippen LogP contribution in [0.25, 0.3) is 0 Å². The van der Waals surface area contributed by atoms with Crippen LogP contribution in [0.5, 0.6) is 0 Å². The van der Waals surface area contributed by atoms with Crippen molar-refractivity contribution in [3.8, 4) is 0 Å². The number of likely N-dealkylation sites (N-methyl/N-ethyl adjacent to an activating group) is 4. The predicted octanol–water partition coefficient (Wildman–Crippen LogP) is 3.02. The van der Waals surface area contributed by atoms with Crippen LogP contribution in [-0.4, -0.2) is 223 Å². The maximum absolute atomic E-state index is 11.0. The van der Waals surface area contributed by atoms with Crippen LogP contribution in [0.15, 0.2) is 0 Å². The molecule has 6 atom stereocenters. The van der Waals surface area contributed by atoms with E-state index in [2.05, 4.69) is 97.9 Å². The quantitative estimate of drug-likeness (QED) is 0.0688. The lowest BCUT2D eigenvalue weighted by molar-refractivity contribution is 0.0395. The smallest absolute Gasteiger partial charge is 0.326 e. The van der Waals surface area contributed by atoms with Crippen LogP contribution >= 0.6 is 0 Å². The Labute approximate surface area is 335 Å². The highest BCUT2D eigenvalue weighted by Gasteiger charge is 2.42. The van der Waals surface area contributed by atoms with Gasteiger partial charge in [0, 0.05) is 66.1 Å². The van der Waals surface area contributed by atoms with Gasteiger partial charge in [-0.15, -0.1) is 0 Å². The average Bonchev–Trinajstić information content (AvgIpc) is 3.13. The van der Waals surface area contributed by atoms with Crippen molar-refractivity contribution in [3.63, 3.8) is 0 Å². The lowest BCUT2D eigenvalue weighted by Gasteiger charge is -2.37. The summed E-state index contributed by atoms with van der Waals surface area (Å²) in [5, 5.41) is 44.2. The summed E-state index contributed by atoms with van der Waals surface area (Å²) < 4.78 is 19.6. The average molecular weight is 811 g/mol. The van der Waals surface area contributed by atoms with Gasteiger partial charge in [0.15, 0.2) is 0 Å². The second kappa shape index (κ2) is 30.9. The van der Waals surface area contributed by atoms with Crippen molar-refractivity contribution in [1.29, 1.82) is 0 Å². The Kier molecular flexibility index (Phi) is 30.9. The Hall–Kier alpha value is -0.0862. The molecule has 0 rings (SSSR count). The summed E-state index contributed by atoms with van der Waals surface area (Å²) in [5.74, 6) is 0. The van der Waals surface area contributed by atoms with Crippen molar-refractivity contribution in [2.45, 2.75) is 125 Å². The highest BCUT2D eigenvalue weighted by atomic mass is 28.5. The summed E-state index contributed by atoms with van der Waals surface area (Å²) in [5.41, 5.74) is 0. The van der Waals surface area contributed by atoms with Crippen LogP contribution in [0, 0.1) is 0 Å². The number of aliphatic hydroxyl groups is 4. The summed E-state index contributed by atoms with van der Waals surface area (Å²) in [4.78, 5) is 13.4. The largest absolute Gasteiger partial charge is 0.415 e. The van der Waals surface area contributed by atoms with E-state index in [9.17, 15) is 20.4 Å². The van der Waals surface area contributed by atoms with Crippen LogP contribution < -0.4 is 0 Å². The lowest BCUT2D eigenvalue weighted by atomic mass is 10.2. The Morgan fingerprint density at radius 2 is 0.685 bits per heavy atom. The zero-order valence-corrected chi connectivity index (χ0v) is 39.3. The molecular formula is C39H90N6O7Si2. The molecule has 0 aliphatic heterocycles. The van der Waals surface area contributed by atoms with Gasteiger partial charge >= 0.3 is 17.1 Å². The number of hydrogen-bond donors (Lipinski definition) is 4. The lowest BCUT2D eigenvalue weighted by Crippen LogP contribution is -2.52. The second-order valence-electron chi connectivity index (χ2n) is 15.3. The monoisotopic (exact) mass is 811 g/mol. The molecule has 0 aromatic heterocycles. The second-order valence-corrected chi connectivity index (χ2v) is 22.3. The van der Waals surface area contributed by atoms with Crippen LogP contribution in [0.2, 0.25) is 25.2 Å². The van der Waals surface area contributed by atoms with E-state index in [4.69, 9.17) is 13.0 Å². The number of hydrogen-bond acceptors (Lipinski definition) is 13. The van der Waals surface area contributed by atoms with Gasteiger partial charge in [0.25, 0.3) is 0 Å². The maximum Gasteiger partial charge on any atom is 0.326 e. The molecule has 15 heteroatoms. The molecule has 0 amide bonds. The molecule has 0 heterocycles. The highest BCUT2D eigenvalue weighted by Crippen LogP contribution is 2.26. The molecule has 0 saturated carbocycles. The van der Waals surface area contributed by atoms with Crippen molar-refractivity contribution in [1.82, 2.24) is 29.4 Å². The molecule has 13 nitrogen and oxygen atoms in total. The van der Waals surface area contributed by atoms with Crippen molar-refractivity contribution >= 4 is 17.1 Å². The van der Waals surface area contributed by atoms with Gasteiger partial charge < -0.3 is 53.0 Å². The molecule has 0 radical (unpaired) electrons. The summed E-state index contributed by atoms with van der Waals surface area (Å²) in [7, 11) is -3.53. The molecular weight excluding hydrogens is 721 g/mol. The fraction of sp³-hybridized carbons (Fsp3) is 1.00. The Balaban J connectivity index is 5.73. The Bertz CT molecular complexity index is 835. The minimum atomic E-state index is -2.65. The zero-order valence-electron chi connectivity index (χ0n) is 37.3. The van der Waals surface area contributed by atoms with Crippen LogP contribution in [-0.2, 0) is 13.0 Å². The minimum absolute atomic E-state index is 0.502. The van der Waals surface area contributed by atoms with Gasteiger partial charge in [-0.05, 0) is 110 Å².